The lowest BCUT2D eigenvalue weighted by Crippen LogP contribution is -2.34. The second kappa shape index (κ2) is 7.47. The third kappa shape index (κ3) is 4.56. The maximum atomic E-state index is 11.7. The van der Waals surface area contributed by atoms with Crippen molar-refractivity contribution in [1.82, 2.24) is 9.97 Å². The van der Waals surface area contributed by atoms with E-state index >= 15 is 0 Å². The Hall–Kier alpha value is -1.37. The van der Waals surface area contributed by atoms with Gasteiger partial charge in [-0.2, -0.15) is 4.98 Å². The largest absolute Gasteiger partial charge is 0.355 e. The molecule has 2 heterocycles. The molecule has 1 unspecified atom stereocenters. The summed E-state index contributed by atoms with van der Waals surface area (Å²) < 4.78 is 23.4. The minimum atomic E-state index is -2.90. The molecule has 7 heteroatoms. The van der Waals surface area contributed by atoms with Crippen LogP contribution < -0.4 is 9.80 Å². The first-order valence-corrected chi connectivity index (χ1v) is 10.2. The van der Waals surface area contributed by atoms with Crippen molar-refractivity contribution in [1.29, 1.82) is 0 Å². The molecule has 1 aromatic rings. The van der Waals surface area contributed by atoms with Crippen LogP contribution in [0, 0.1) is 6.92 Å². The Morgan fingerprint density at radius 3 is 2.39 bits per heavy atom. The van der Waals surface area contributed by atoms with Crippen LogP contribution in [-0.2, 0) is 9.84 Å². The Morgan fingerprint density at radius 2 is 1.87 bits per heavy atom. The second-order valence-corrected chi connectivity index (χ2v) is 8.55. The molecule has 1 aliphatic rings. The maximum Gasteiger partial charge on any atom is 0.227 e. The van der Waals surface area contributed by atoms with E-state index in [9.17, 15) is 8.42 Å². The van der Waals surface area contributed by atoms with Crippen molar-refractivity contribution in [3.8, 4) is 0 Å². The third-order valence-corrected chi connectivity index (χ3v) is 5.97. The summed E-state index contributed by atoms with van der Waals surface area (Å²) in [6, 6.07) is 1.94. The van der Waals surface area contributed by atoms with E-state index in [0.717, 1.165) is 43.4 Å². The zero-order valence-corrected chi connectivity index (χ0v) is 15.4. The van der Waals surface area contributed by atoms with E-state index in [-0.39, 0.29) is 17.5 Å². The van der Waals surface area contributed by atoms with Crippen LogP contribution in [-0.4, -0.2) is 56.1 Å². The predicted octanol–water partition coefficient (Wildman–Crippen LogP) is 2.03. The van der Waals surface area contributed by atoms with Crippen LogP contribution in [0.5, 0.6) is 0 Å². The topological polar surface area (TPSA) is 66.4 Å². The average molecular weight is 340 g/mol. The number of rotatable bonds is 7. The lowest BCUT2D eigenvalue weighted by atomic mass is 10.2. The predicted molar refractivity (Wildman–Crippen MR) is 95.0 cm³/mol. The molecule has 0 aromatic carbocycles. The first kappa shape index (κ1) is 18.0. The fourth-order valence-electron chi connectivity index (χ4n) is 2.98. The lowest BCUT2D eigenvalue weighted by molar-refractivity contribution is 0.600. The van der Waals surface area contributed by atoms with Gasteiger partial charge < -0.3 is 9.80 Å². The number of anilines is 2. The zero-order chi connectivity index (χ0) is 17.0. The molecular weight excluding hydrogens is 312 g/mol. The molecule has 0 bridgehead atoms. The monoisotopic (exact) mass is 340 g/mol. The highest BCUT2D eigenvalue weighted by molar-refractivity contribution is 7.91. The molecule has 1 aromatic heterocycles. The Labute approximate surface area is 139 Å². The van der Waals surface area contributed by atoms with E-state index in [1.165, 1.54) is 0 Å². The third-order valence-electron chi connectivity index (χ3n) is 4.22. The maximum absolute atomic E-state index is 11.7. The fraction of sp³-hybridized carbons (Fsp3) is 0.750. The molecule has 0 amide bonds. The van der Waals surface area contributed by atoms with Crippen LogP contribution >= 0.6 is 0 Å². The first-order chi connectivity index (χ1) is 10.9. The molecule has 1 fully saturated rings. The number of hydrogen-bond acceptors (Lipinski definition) is 6. The number of sulfone groups is 1. The number of aromatic nitrogens is 2. The SMILES string of the molecule is CCCN(CCC)c1nc(C)cc(N(C)C2CCS(=O)(=O)C2)n1. The van der Waals surface area contributed by atoms with Gasteiger partial charge in [0.1, 0.15) is 5.82 Å². The highest BCUT2D eigenvalue weighted by atomic mass is 32.2. The van der Waals surface area contributed by atoms with Crippen molar-refractivity contribution < 1.29 is 8.42 Å². The summed E-state index contributed by atoms with van der Waals surface area (Å²) in [5.74, 6) is 2.05. The van der Waals surface area contributed by atoms with Gasteiger partial charge in [-0.25, -0.2) is 13.4 Å². The van der Waals surface area contributed by atoms with Crippen molar-refractivity contribution in [3.05, 3.63) is 11.8 Å². The van der Waals surface area contributed by atoms with Gasteiger partial charge in [0.15, 0.2) is 9.84 Å². The van der Waals surface area contributed by atoms with Gasteiger partial charge in [0.05, 0.1) is 11.5 Å². The number of hydrogen-bond donors (Lipinski definition) is 0. The van der Waals surface area contributed by atoms with Crippen LogP contribution in [0.2, 0.25) is 0 Å². The van der Waals surface area contributed by atoms with E-state index in [4.69, 9.17) is 4.98 Å². The number of nitrogens with zero attached hydrogens (tertiary/aromatic N) is 4. The molecule has 23 heavy (non-hydrogen) atoms. The quantitative estimate of drug-likeness (QED) is 0.757. The first-order valence-electron chi connectivity index (χ1n) is 8.40. The summed E-state index contributed by atoms with van der Waals surface area (Å²) in [6.07, 6.45) is 2.76. The molecule has 0 spiro atoms. The standard InChI is InChI=1S/C16H28N4O2S/c1-5-8-20(9-6-2)16-17-13(3)11-15(18-16)19(4)14-7-10-23(21,22)12-14/h11,14H,5-10,12H2,1-4H3. The average Bonchev–Trinajstić information content (AvgIpc) is 2.86. The van der Waals surface area contributed by atoms with Crippen LogP contribution in [0.1, 0.15) is 38.8 Å². The van der Waals surface area contributed by atoms with Gasteiger partial charge in [-0.1, -0.05) is 13.8 Å². The van der Waals surface area contributed by atoms with E-state index in [0.29, 0.717) is 6.42 Å². The Bertz CT molecular complexity index is 627. The van der Waals surface area contributed by atoms with E-state index in [1.807, 2.05) is 24.9 Å². The molecular formula is C16H28N4O2S. The smallest absolute Gasteiger partial charge is 0.227 e. The van der Waals surface area contributed by atoms with Crippen molar-refractivity contribution >= 4 is 21.6 Å². The fourth-order valence-corrected chi connectivity index (χ4v) is 4.75. The van der Waals surface area contributed by atoms with Gasteiger partial charge in [0, 0.05) is 37.9 Å². The Balaban J connectivity index is 2.25. The summed E-state index contributed by atoms with van der Waals surface area (Å²) in [7, 11) is -0.966. The normalized spacial score (nSPS) is 19.7. The van der Waals surface area contributed by atoms with Gasteiger partial charge in [0.2, 0.25) is 5.95 Å². The van der Waals surface area contributed by atoms with Gasteiger partial charge in [-0.05, 0) is 26.2 Å². The minimum Gasteiger partial charge on any atom is -0.355 e. The van der Waals surface area contributed by atoms with Crippen LogP contribution in [0.15, 0.2) is 6.07 Å². The van der Waals surface area contributed by atoms with Crippen LogP contribution in [0.25, 0.3) is 0 Å². The van der Waals surface area contributed by atoms with Gasteiger partial charge in [-0.3, -0.25) is 0 Å². The molecule has 130 valence electrons. The molecule has 1 atom stereocenters. The minimum absolute atomic E-state index is 0.00736. The van der Waals surface area contributed by atoms with Gasteiger partial charge in [-0.15, -0.1) is 0 Å². The number of aryl methyl sites for hydroxylation is 1. The summed E-state index contributed by atoms with van der Waals surface area (Å²) in [5, 5.41) is 0. The molecule has 2 rings (SSSR count). The van der Waals surface area contributed by atoms with E-state index in [2.05, 4.69) is 23.7 Å². The van der Waals surface area contributed by atoms with Crippen molar-refractivity contribution in [2.75, 3.05) is 41.4 Å². The Kier molecular flexibility index (Phi) is 5.84. The van der Waals surface area contributed by atoms with Crippen molar-refractivity contribution in [2.24, 2.45) is 0 Å². The summed E-state index contributed by atoms with van der Waals surface area (Å²) in [6.45, 7) is 8.12. The molecule has 0 N–H and O–H groups in total. The zero-order valence-electron chi connectivity index (χ0n) is 14.6. The Morgan fingerprint density at radius 1 is 1.22 bits per heavy atom. The molecule has 0 saturated carbocycles. The van der Waals surface area contributed by atoms with Crippen LogP contribution in [0.4, 0.5) is 11.8 Å². The lowest BCUT2D eigenvalue weighted by Gasteiger charge is -2.27. The summed E-state index contributed by atoms with van der Waals surface area (Å²) in [4.78, 5) is 13.5. The highest BCUT2D eigenvalue weighted by Crippen LogP contribution is 2.23. The second-order valence-electron chi connectivity index (χ2n) is 6.32. The molecule has 0 radical (unpaired) electrons. The van der Waals surface area contributed by atoms with E-state index in [1.54, 1.807) is 0 Å². The van der Waals surface area contributed by atoms with Gasteiger partial charge >= 0.3 is 0 Å². The highest BCUT2D eigenvalue weighted by Gasteiger charge is 2.31. The van der Waals surface area contributed by atoms with Crippen molar-refractivity contribution in [3.63, 3.8) is 0 Å². The summed E-state index contributed by atoms with van der Waals surface area (Å²) >= 11 is 0. The van der Waals surface area contributed by atoms with Crippen LogP contribution in [0.3, 0.4) is 0 Å². The summed E-state index contributed by atoms with van der Waals surface area (Å²) in [5.41, 5.74) is 0.912. The molecule has 6 nitrogen and oxygen atoms in total. The van der Waals surface area contributed by atoms with E-state index < -0.39 is 9.84 Å². The van der Waals surface area contributed by atoms with Crippen molar-refractivity contribution in [2.45, 2.75) is 46.1 Å². The molecule has 0 aliphatic carbocycles. The van der Waals surface area contributed by atoms with Gasteiger partial charge in [0.25, 0.3) is 0 Å². The molecule has 1 saturated heterocycles. The molecule has 1 aliphatic heterocycles.